The Morgan fingerprint density at radius 3 is 1.88 bits per heavy atom. The van der Waals surface area contributed by atoms with Crippen LogP contribution in [0.2, 0.25) is 0 Å². The number of carbonyl (C=O) groups excluding carboxylic acids is 1. The summed E-state index contributed by atoms with van der Waals surface area (Å²) >= 11 is 0. The third-order valence-electron chi connectivity index (χ3n) is 6.48. The standard InChI is InChI=1S/C19H22F3NO/c1-23(17(24)15-2-4-16(5-3-15)19(20,21)22)18-9-12-6-13(10-18)8-14(7-12)11-18/h2-5,12-14H,6-11H2,1H3. The van der Waals surface area contributed by atoms with Crippen LogP contribution in [0.3, 0.4) is 0 Å². The Labute approximate surface area is 140 Å². The van der Waals surface area contributed by atoms with Crippen LogP contribution in [0, 0.1) is 17.8 Å². The first-order valence-corrected chi connectivity index (χ1v) is 8.72. The number of benzene rings is 1. The van der Waals surface area contributed by atoms with Crippen molar-refractivity contribution in [2.75, 3.05) is 7.05 Å². The molecule has 24 heavy (non-hydrogen) atoms. The first kappa shape index (κ1) is 16.0. The molecule has 4 aliphatic carbocycles. The molecule has 1 aromatic carbocycles. The molecule has 0 spiro atoms. The highest BCUT2D eigenvalue weighted by Crippen LogP contribution is 2.57. The molecule has 0 unspecified atom stereocenters. The third kappa shape index (κ3) is 2.52. The summed E-state index contributed by atoms with van der Waals surface area (Å²) < 4.78 is 38.1. The fraction of sp³-hybridized carbons (Fsp3) is 0.632. The second kappa shape index (κ2) is 5.24. The lowest BCUT2D eigenvalue weighted by molar-refractivity contribution is -0.137. The van der Waals surface area contributed by atoms with Crippen molar-refractivity contribution in [3.05, 3.63) is 35.4 Å². The minimum atomic E-state index is -4.37. The maximum Gasteiger partial charge on any atom is 0.416 e. The minimum absolute atomic E-state index is 0.0749. The number of rotatable bonds is 2. The van der Waals surface area contributed by atoms with E-state index in [1.165, 1.54) is 31.4 Å². The highest BCUT2D eigenvalue weighted by Gasteiger charge is 2.53. The zero-order chi connectivity index (χ0) is 17.1. The molecule has 4 bridgehead atoms. The van der Waals surface area contributed by atoms with E-state index in [1.54, 1.807) is 0 Å². The second-order valence-corrected chi connectivity index (χ2v) is 8.08. The molecule has 0 N–H and O–H groups in total. The number of alkyl halides is 3. The van der Waals surface area contributed by atoms with Gasteiger partial charge in [-0.1, -0.05) is 0 Å². The van der Waals surface area contributed by atoms with Crippen molar-refractivity contribution < 1.29 is 18.0 Å². The molecule has 4 fully saturated rings. The molecule has 4 aliphatic rings. The lowest BCUT2D eigenvalue weighted by atomic mass is 9.52. The van der Waals surface area contributed by atoms with Crippen molar-refractivity contribution in [3.63, 3.8) is 0 Å². The summed E-state index contributed by atoms with van der Waals surface area (Å²) in [6.07, 6.45) is 2.68. The Bertz CT molecular complexity index is 614. The molecular weight excluding hydrogens is 315 g/mol. The SMILES string of the molecule is CN(C(=O)c1ccc(C(F)(F)F)cc1)C12CC3CC(CC(C3)C1)C2. The number of hydrogen-bond donors (Lipinski definition) is 0. The van der Waals surface area contributed by atoms with Gasteiger partial charge in [-0.25, -0.2) is 0 Å². The summed E-state index contributed by atoms with van der Waals surface area (Å²) in [5, 5.41) is 0. The Morgan fingerprint density at radius 2 is 1.46 bits per heavy atom. The molecule has 130 valence electrons. The molecule has 0 radical (unpaired) electrons. The Balaban J connectivity index is 1.56. The van der Waals surface area contributed by atoms with Crippen LogP contribution >= 0.6 is 0 Å². The van der Waals surface area contributed by atoms with Gasteiger partial charge in [0.15, 0.2) is 0 Å². The Morgan fingerprint density at radius 1 is 1.00 bits per heavy atom. The van der Waals surface area contributed by atoms with Crippen molar-refractivity contribution in [1.82, 2.24) is 4.90 Å². The molecule has 2 nitrogen and oxygen atoms in total. The summed E-state index contributed by atoms with van der Waals surface area (Å²) in [4.78, 5) is 14.7. The summed E-state index contributed by atoms with van der Waals surface area (Å²) in [5.74, 6) is 2.02. The predicted octanol–water partition coefficient (Wildman–Crippen LogP) is 4.75. The molecule has 0 aliphatic heterocycles. The number of carbonyl (C=O) groups is 1. The van der Waals surface area contributed by atoms with Crippen LogP contribution in [0.25, 0.3) is 0 Å². The van der Waals surface area contributed by atoms with Gasteiger partial charge in [0.1, 0.15) is 0 Å². The van der Waals surface area contributed by atoms with E-state index < -0.39 is 11.7 Å². The number of hydrogen-bond acceptors (Lipinski definition) is 1. The van der Waals surface area contributed by atoms with E-state index in [1.807, 2.05) is 11.9 Å². The molecule has 5 heteroatoms. The highest BCUT2D eigenvalue weighted by atomic mass is 19.4. The average molecular weight is 337 g/mol. The zero-order valence-electron chi connectivity index (χ0n) is 13.8. The van der Waals surface area contributed by atoms with Crippen molar-refractivity contribution >= 4 is 5.91 Å². The van der Waals surface area contributed by atoms with Crippen LogP contribution < -0.4 is 0 Å². The van der Waals surface area contributed by atoms with E-state index in [2.05, 4.69) is 0 Å². The van der Waals surface area contributed by atoms with Gasteiger partial charge in [-0.2, -0.15) is 13.2 Å². The van der Waals surface area contributed by atoms with E-state index in [4.69, 9.17) is 0 Å². The lowest BCUT2D eigenvalue weighted by Crippen LogP contribution is -2.60. The smallest absolute Gasteiger partial charge is 0.336 e. The minimum Gasteiger partial charge on any atom is -0.336 e. The fourth-order valence-corrected chi connectivity index (χ4v) is 5.69. The fourth-order valence-electron chi connectivity index (χ4n) is 5.69. The van der Waals surface area contributed by atoms with Gasteiger partial charge in [-0.15, -0.1) is 0 Å². The van der Waals surface area contributed by atoms with Gasteiger partial charge >= 0.3 is 6.18 Å². The van der Waals surface area contributed by atoms with Crippen LogP contribution in [-0.2, 0) is 6.18 Å². The predicted molar refractivity (Wildman–Crippen MR) is 84.4 cm³/mol. The average Bonchev–Trinajstić information content (AvgIpc) is 2.51. The van der Waals surface area contributed by atoms with Crippen LogP contribution in [0.4, 0.5) is 13.2 Å². The first-order chi connectivity index (χ1) is 11.3. The number of halogens is 3. The van der Waals surface area contributed by atoms with Gasteiger partial charge in [-0.05, 0) is 80.5 Å². The zero-order valence-corrected chi connectivity index (χ0v) is 13.8. The number of nitrogens with zero attached hydrogens (tertiary/aromatic N) is 1. The summed E-state index contributed by atoms with van der Waals surface area (Å²) in [7, 11) is 1.84. The van der Waals surface area contributed by atoms with E-state index in [0.29, 0.717) is 5.56 Å². The molecule has 0 aromatic heterocycles. The first-order valence-electron chi connectivity index (χ1n) is 8.72. The van der Waals surface area contributed by atoms with Gasteiger partial charge in [-0.3, -0.25) is 4.79 Å². The van der Waals surface area contributed by atoms with E-state index in [-0.39, 0.29) is 11.4 Å². The van der Waals surface area contributed by atoms with Crippen LogP contribution in [0.15, 0.2) is 24.3 Å². The molecule has 5 rings (SSSR count). The Hall–Kier alpha value is -1.52. The molecule has 0 saturated heterocycles. The van der Waals surface area contributed by atoms with Crippen LogP contribution in [-0.4, -0.2) is 23.4 Å². The Kier molecular flexibility index (Phi) is 3.49. The van der Waals surface area contributed by atoms with Crippen molar-refractivity contribution in [3.8, 4) is 0 Å². The summed E-state index contributed by atoms with van der Waals surface area (Å²) in [5.41, 5.74) is -0.438. The van der Waals surface area contributed by atoms with E-state index in [9.17, 15) is 18.0 Å². The molecule has 1 aromatic rings. The van der Waals surface area contributed by atoms with Gasteiger partial charge < -0.3 is 4.90 Å². The van der Waals surface area contributed by atoms with Crippen LogP contribution in [0.5, 0.6) is 0 Å². The number of amides is 1. The molecule has 0 atom stereocenters. The van der Waals surface area contributed by atoms with Gasteiger partial charge in [0.2, 0.25) is 0 Å². The molecule has 0 heterocycles. The summed E-state index contributed by atoms with van der Waals surface area (Å²) in [6, 6.07) is 4.62. The monoisotopic (exact) mass is 337 g/mol. The van der Waals surface area contributed by atoms with Crippen molar-refractivity contribution in [1.29, 1.82) is 0 Å². The quantitative estimate of drug-likeness (QED) is 0.763. The topological polar surface area (TPSA) is 20.3 Å². The maximum atomic E-state index is 12.9. The normalized spacial score (nSPS) is 34.4. The molecule has 1 amide bonds. The van der Waals surface area contributed by atoms with Crippen LogP contribution in [0.1, 0.15) is 54.4 Å². The largest absolute Gasteiger partial charge is 0.416 e. The van der Waals surface area contributed by atoms with Gasteiger partial charge in [0.25, 0.3) is 5.91 Å². The van der Waals surface area contributed by atoms with Crippen molar-refractivity contribution in [2.24, 2.45) is 17.8 Å². The van der Waals surface area contributed by atoms with Gasteiger partial charge in [0.05, 0.1) is 5.56 Å². The highest BCUT2D eigenvalue weighted by molar-refractivity contribution is 5.94. The van der Waals surface area contributed by atoms with E-state index in [0.717, 1.165) is 49.1 Å². The maximum absolute atomic E-state index is 12.9. The van der Waals surface area contributed by atoms with Gasteiger partial charge in [0, 0.05) is 18.2 Å². The van der Waals surface area contributed by atoms with Crippen molar-refractivity contribution in [2.45, 2.75) is 50.2 Å². The van der Waals surface area contributed by atoms with E-state index >= 15 is 0 Å². The lowest BCUT2D eigenvalue weighted by Gasteiger charge is -2.59. The molecule has 4 saturated carbocycles. The third-order valence-corrected chi connectivity index (χ3v) is 6.48. The molecular formula is C19H22F3NO. The summed E-state index contributed by atoms with van der Waals surface area (Å²) in [6.45, 7) is 0. The second-order valence-electron chi connectivity index (χ2n) is 8.08.